The molecule has 4 heteroatoms. The Kier molecular flexibility index (Phi) is 3.84. The first-order chi connectivity index (χ1) is 13.4. The molecular formula is C24H28FN3. The van der Waals surface area contributed by atoms with Gasteiger partial charge >= 0.3 is 0 Å². The molecule has 1 saturated carbocycles. The zero-order valence-corrected chi connectivity index (χ0v) is 17.0. The zero-order valence-electron chi connectivity index (χ0n) is 17.0. The molecule has 1 aliphatic carbocycles. The van der Waals surface area contributed by atoms with E-state index in [4.69, 9.17) is 0 Å². The van der Waals surface area contributed by atoms with Crippen molar-refractivity contribution in [2.24, 2.45) is 11.3 Å². The van der Waals surface area contributed by atoms with E-state index in [0.29, 0.717) is 11.0 Å². The maximum atomic E-state index is 13.3. The summed E-state index contributed by atoms with van der Waals surface area (Å²) in [5.74, 6) is 0.524. The second-order valence-corrected chi connectivity index (χ2v) is 9.59. The summed E-state index contributed by atoms with van der Waals surface area (Å²) in [4.78, 5) is 2.68. The van der Waals surface area contributed by atoms with Gasteiger partial charge in [0.15, 0.2) is 0 Å². The Bertz CT molecular complexity index is 1010. The Balaban J connectivity index is 1.52. The van der Waals surface area contributed by atoms with Crippen molar-refractivity contribution in [3.8, 4) is 5.69 Å². The van der Waals surface area contributed by atoms with Crippen LogP contribution in [-0.4, -0.2) is 21.9 Å². The van der Waals surface area contributed by atoms with E-state index in [0.717, 1.165) is 29.1 Å². The molecule has 0 bridgehead atoms. The highest BCUT2D eigenvalue weighted by molar-refractivity contribution is 5.84. The van der Waals surface area contributed by atoms with Crippen LogP contribution in [0.1, 0.15) is 46.5 Å². The molecule has 2 unspecified atom stereocenters. The van der Waals surface area contributed by atoms with Crippen LogP contribution in [-0.2, 0) is 0 Å². The molecule has 2 aliphatic rings. The van der Waals surface area contributed by atoms with Gasteiger partial charge in [0.05, 0.1) is 17.4 Å². The molecule has 1 aromatic heterocycles. The highest BCUT2D eigenvalue weighted by Gasteiger charge is 2.56. The average molecular weight is 378 g/mol. The minimum atomic E-state index is -0.226. The van der Waals surface area contributed by atoms with Crippen LogP contribution >= 0.6 is 0 Å². The second-order valence-electron chi connectivity index (χ2n) is 9.59. The normalized spacial score (nSPS) is 24.9. The topological polar surface area (TPSA) is 21.1 Å². The number of fused-ring (bicyclic) bond motifs is 1. The van der Waals surface area contributed by atoms with Crippen molar-refractivity contribution in [1.29, 1.82) is 0 Å². The summed E-state index contributed by atoms with van der Waals surface area (Å²) in [7, 11) is 0. The van der Waals surface area contributed by atoms with Crippen LogP contribution in [0.2, 0.25) is 0 Å². The van der Waals surface area contributed by atoms with E-state index < -0.39 is 0 Å². The first-order valence-corrected chi connectivity index (χ1v) is 10.4. The molecule has 146 valence electrons. The Morgan fingerprint density at radius 2 is 1.79 bits per heavy atom. The highest BCUT2D eigenvalue weighted by atomic mass is 19.1. The molecule has 2 heterocycles. The molecule has 0 amide bonds. The van der Waals surface area contributed by atoms with Gasteiger partial charge in [-0.25, -0.2) is 9.07 Å². The van der Waals surface area contributed by atoms with Crippen LogP contribution in [0.5, 0.6) is 0 Å². The Morgan fingerprint density at radius 3 is 2.46 bits per heavy atom. The molecule has 3 aromatic rings. The monoisotopic (exact) mass is 377 g/mol. The molecule has 28 heavy (non-hydrogen) atoms. The van der Waals surface area contributed by atoms with Gasteiger partial charge in [-0.3, -0.25) is 0 Å². The predicted octanol–water partition coefficient (Wildman–Crippen LogP) is 5.96. The molecule has 2 atom stereocenters. The van der Waals surface area contributed by atoms with E-state index in [9.17, 15) is 4.39 Å². The molecule has 0 N–H and O–H groups in total. The third-order valence-corrected chi connectivity index (χ3v) is 7.02. The molecule has 5 rings (SSSR count). The minimum Gasteiger partial charge on any atom is -0.366 e. The summed E-state index contributed by atoms with van der Waals surface area (Å²) < 4.78 is 15.1. The molecule has 1 saturated heterocycles. The van der Waals surface area contributed by atoms with Crippen LogP contribution in [0.15, 0.2) is 48.7 Å². The van der Waals surface area contributed by atoms with Gasteiger partial charge < -0.3 is 4.90 Å². The minimum absolute atomic E-state index is 0.226. The lowest BCUT2D eigenvalue weighted by molar-refractivity contribution is 0.0295. The van der Waals surface area contributed by atoms with Gasteiger partial charge in [-0.05, 0) is 79.5 Å². The summed E-state index contributed by atoms with van der Waals surface area (Å²) in [6, 6.07) is 13.2. The van der Waals surface area contributed by atoms with Crippen molar-refractivity contribution >= 4 is 16.6 Å². The standard InChI is InChI=1S/C24H28FN3/c1-23(2,3)22-11-13-24(22)12-4-14-27(24)20-9-10-21-17(15-20)16-26-28(21)19-7-5-18(25)6-8-19/h5-10,15-16,22H,4,11-14H2,1-3H3. The lowest BCUT2D eigenvalue weighted by atomic mass is 9.55. The van der Waals surface area contributed by atoms with Crippen molar-refractivity contribution in [3.63, 3.8) is 0 Å². The Labute approximate surface area is 166 Å². The van der Waals surface area contributed by atoms with Crippen molar-refractivity contribution in [2.75, 3.05) is 11.4 Å². The summed E-state index contributed by atoms with van der Waals surface area (Å²) in [5.41, 5.74) is 3.94. The molecular weight excluding hydrogens is 349 g/mol. The molecule has 3 nitrogen and oxygen atoms in total. The highest BCUT2D eigenvalue weighted by Crippen LogP contribution is 2.57. The van der Waals surface area contributed by atoms with Gasteiger partial charge in [0, 0.05) is 23.2 Å². The van der Waals surface area contributed by atoms with Crippen molar-refractivity contribution < 1.29 is 4.39 Å². The van der Waals surface area contributed by atoms with Crippen LogP contribution in [0.25, 0.3) is 16.6 Å². The van der Waals surface area contributed by atoms with E-state index in [-0.39, 0.29) is 5.82 Å². The summed E-state index contributed by atoms with van der Waals surface area (Å²) in [6.07, 6.45) is 7.15. The largest absolute Gasteiger partial charge is 0.366 e. The number of rotatable bonds is 2. The number of nitrogens with zero attached hydrogens (tertiary/aromatic N) is 3. The third-order valence-electron chi connectivity index (χ3n) is 7.02. The molecule has 0 radical (unpaired) electrons. The average Bonchev–Trinajstić information content (AvgIpc) is 3.25. The van der Waals surface area contributed by atoms with Crippen LogP contribution in [0, 0.1) is 17.2 Å². The number of hydrogen-bond acceptors (Lipinski definition) is 2. The van der Waals surface area contributed by atoms with Crippen LogP contribution in [0.3, 0.4) is 0 Å². The first-order valence-electron chi connectivity index (χ1n) is 10.4. The summed E-state index contributed by atoms with van der Waals surface area (Å²) >= 11 is 0. The van der Waals surface area contributed by atoms with E-state index >= 15 is 0 Å². The van der Waals surface area contributed by atoms with Crippen molar-refractivity contribution in [2.45, 2.75) is 52.0 Å². The van der Waals surface area contributed by atoms with Crippen LogP contribution in [0.4, 0.5) is 10.1 Å². The van der Waals surface area contributed by atoms with Crippen molar-refractivity contribution in [3.05, 3.63) is 54.5 Å². The number of anilines is 1. The fourth-order valence-corrected chi connectivity index (χ4v) is 5.75. The van der Waals surface area contributed by atoms with E-state index in [1.807, 2.05) is 10.9 Å². The fraction of sp³-hybridized carbons (Fsp3) is 0.458. The lowest BCUT2D eigenvalue weighted by Gasteiger charge is -2.58. The van der Waals surface area contributed by atoms with Gasteiger partial charge in [-0.15, -0.1) is 0 Å². The smallest absolute Gasteiger partial charge is 0.123 e. The van der Waals surface area contributed by atoms with E-state index in [1.165, 1.54) is 43.5 Å². The van der Waals surface area contributed by atoms with Crippen molar-refractivity contribution in [1.82, 2.24) is 9.78 Å². The number of halogens is 1. The maximum Gasteiger partial charge on any atom is 0.123 e. The second kappa shape index (κ2) is 6.07. The van der Waals surface area contributed by atoms with Crippen LogP contribution < -0.4 is 4.90 Å². The SMILES string of the molecule is CC(C)(C)C1CCC12CCCN2c1ccc2c(cnn2-c2ccc(F)cc2)c1. The fourth-order valence-electron chi connectivity index (χ4n) is 5.75. The Hall–Kier alpha value is -2.36. The molecule has 1 aliphatic heterocycles. The predicted molar refractivity (Wildman–Crippen MR) is 113 cm³/mol. The summed E-state index contributed by atoms with van der Waals surface area (Å²) in [6.45, 7) is 8.32. The molecule has 2 aromatic carbocycles. The zero-order chi connectivity index (χ0) is 19.5. The number of benzene rings is 2. The van der Waals surface area contributed by atoms with E-state index in [2.05, 4.69) is 49.0 Å². The van der Waals surface area contributed by atoms with Gasteiger partial charge in [0.2, 0.25) is 0 Å². The van der Waals surface area contributed by atoms with Gasteiger partial charge in [0.1, 0.15) is 5.82 Å². The molecule has 2 fully saturated rings. The Morgan fingerprint density at radius 1 is 1.04 bits per heavy atom. The van der Waals surface area contributed by atoms with Gasteiger partial charge in [-0.2, -0.15) is 5.10 Å². The number of hydrogen-bond donors (Lipinski definition) is 0. The molecule has 1 spiro atoms. The maximum absolute atomic E-state index is 13.3. The summed E-state index contributed by atoms with van der Waals surface area (Å²) in [5, 5.41) is 5.70. The van der Waals surface area contributed by atoms with Gasteiger partial charge in [0.25, 0.3) is 0 Å². The lowest BCUT2D eigenvalue weighted by Crippen LogP contribution is -2.60. The third kappa shape index (κ3) is 2.57. The van der Waals surface area contributed by atoms with E-state index in [1.54, 1.807) is 12.1 Å². The van der Waals surface area contributed by atoms with Gasteiger partial charge in [-0.1, -0.05) is 20.8 Å². The first kappa shape index (κ1) is 17.7. The quantitative estimate of drug-likeness (QED) is 0.549. The number of aromatic nitrogens is 2.